The van der Waals surface area contributed by atoms with Crippen molar-refractivity contribution < 1.29 is 4.42 Å². The topological polar surface area (TPSA) is 54.2 Å². The van der Waals surface area contributed by atoms with E-state index in [4.69, 9.17) is 4.42 Å². The van der Waals surface area contributed by atoms with Crippen LogP contribution in [-0.4, -0.2) is 28.8 Å². The van der Waals surface area contributed by atoms with Gasteiger partial charge in [0.1, 0.15) is 0 Å². The molecular formula is C15H28N4O. The molecule has 1 aliphatic rings. The molecule has 1 aliphatic carbocycles. The monoisotopic (exact) mass is 280 g/mol. The molecule has 20 heavy (non-hydrogen) atoms. The van der Waals surface area contributed by atoms with Crippen molar-refractivity contribution in [3.05, 3.63) is 5.89 Å². The minimum atomic E-state index is 0.423. The fourth-order valence-electron chi connectivity index (χ4n) is 2.72. The maximum absolute atomic E-state index is 5.85. The third kappa shape index (κ3) is 4.20. The predicted molar refractivity (Wildman–Crippen MR) is 80.7 cm³/mol. The molecule has 0 unspecified atom stereocenters. The Morgan fingerprint density at radius 3 is 2.50 bits per heavy atom. The smallest absolute Gasteiger partial charge is 0.318 e. The summed E-state index contributed by atoms with van der Waals surface area (Å²) in [5, 5.41) is 11.7. The number of nitrogens with one attached hydrogen (secondary N) is 1. The highest BCUT2D eigenvalue weighted by molar-refractivity contribution is 5.27. The van der Waals surface area contributed by atoms with Gasteiger partial charge in [-0.2, -0.15) is 0 Å². The van der Waals surface area contributed by atoms with Crippen molar-refractivity contribution in [2.45, 2.75) is 72.0 Å². The highest BCUT2D eigenvalue weighted by Crippen LogP contribution is 2.28. The second-order valence-corrected chi connectivity index (χ2v) is 6.50. The highest BCUT2D eigenvalue weighted by atomic mass is 16.4. The van der Waals surface area contributed by atoms with Gasteiger partial charge < -0.3 is 14.6 Å². The van der Waals surface area contributed by atoms with Crippen LogP contribution in [0.1, 0.15) is 59.3 Å². The lowest BCUT2D eigenvalue weighted by Crippen LogP contribution is -2.36. The summed E-state index contributed by atoms with van der Waals surface area (Å²) >= 11 is 0. The van der Waals surface area contributed by atoms with Gasteiger partial charge in [0.15, 0.2) is 0 Å². The van der Waals surface area contributed by atoms with Crippen molar-refractivity contribution in [3.63, 3.8) is 0 Å². The number of rotatable bonds is 7. The van der Waals surface area contributed by atoms with Gasteiger partial charge in [-0.3, -0.25) is 0 Å². The maximum atomic E-state index is 5.85. The minimum absolute atomic E-state index is 0.423. The Morgan fingerprint density at radius 1 is 1.20 bits per heavy atom. The Hall–Kier alpha value is -1.10. The first kappa shape index (κ1) is 15.3. The molecule has 0 aliphatic heterocycles. The van der Waals surface area contributed by atoms with E-state index in [-0.39, 0.29) is 0 Å². The molecule has 0 spiro atoms. The molecule has 5 heteroatoms. The third-order valence-electron chi connectivity index (χ3n) is 3.69. The van der Waals surface area contributed by atoms with E-state index in [1.54, 1.807) is 0 Å². The lowest BCUT2D eigenvalue weighted by atomic mass is 10.1. The van der Waals surface area contributed by atoms with Gasteiger partial charge in [-0.15, -0.1) is 5.10 Å². The fraction of sp³-hybridized carbons (Fsp3) is 0.867. The zero-order chi connectivity index (χ0) is 14.5. The van der Waals surface area contributed by atoms with Crippen LogP contribution in [0.15, 0.2) is 4.42 Å². The van der Waals surface area contributed by atoms with Crippen LogP contribution in [0.4, 0.5) is 6.01 Å². The molecule has 1 N–H and O–H groups in total. The number of hydrogen-bond acceptors (Lipinski definition) is 5. The summed E-state index contributed by atoms with van der Waals surface area (Å²) < 4.78 is 5.85. The summed E-state index contributed by atoms with van der Waals surface area (Å²) in [6, 6.07) is 1.70. The number of anilines is 1. The molecule has 0 saturated heterocycles. The van der Waals surface area contributed by atoms with Crippen molar-refractivity contribution in [1.29, 1.82) is 0 Å². The van der Waals surface area contributed by atoms with E-state index in [9.17, 15) is 0 Å². The summed E-state index contributed by atoms with van der Waals surface area (Å²) in [6.07, 6.45) is 5.12. The van der Waals surface area contributed by atoms with Gasteiger partial charge in [0, 0.05) is 18.6 Å². The Kier molecular flexibility index (Phi) is 5.40. The van der Waals surface area contributed by atoms with Gasteiger partial charge in [0.2, 0.25) is 5.89 Å². The van der Waals surface area contributed by atoms with Crippen LogP contribution in [0, 0.1) is 5.92 Å². The molecule has 0 atom stereocenters. The SMILES string of the molecule is CC(C)CN(c1nnc(CNC(C)C)o1)C1CCCC1. The van der Waals surface area contributed by atoms with Gasteiger partial charge in [0.25, 0.3) is 0 Å². The van der Waals surface area contributed by atoms with Gasteiger partial charge in [-0.25, -0.2) is 0 Å². The number of aromatic nitrogens is 2. The van der Waals surface area contributed by atoms with Crippen LogP contribution in [0.5, 0.6) is 0 Å². The van der Waals surface area contributed by atoms with Crippen molar-refractivity contribution >= 4 is 6.01 Å². The van der Waals surface area contributed by atoms with Crippen molar-refractivity contribution in [2.75, 3.05) is 11.4 Å². The molecule has 0 aromatic carbocycles. The van der Waals surface area contributed by atoms with E-state index in [2.05, 4.69) is 48.1 Å². The highest BCUT2D eigenvalue weighted by Gasteiger charge is 2.27. The van der Waals surface area contributed by atoms with E-state index in [1.807, 2.05) is 0 Å². The lowest BCUT2D eigenvalue weighted by Gasteiger charge is -2.28. The van der Waals surface area contributed by atoms with Gasteiger partial charge in [-0.05, 0) is 18.8 Å². The van der Waals surface area contributed by atoms with Crippen molar-refractivity contribution in [2.24, 2.45) is 5.92 Å². The van der Waals surface area contributed by atoms with E-state index in [1.165, 1.54) is 25.7 Å². The normalized spacial score (nSPS) is 16.5. The van der Waals surface area contributed by atoms with E-state index >= 15 is 0 Å². The van der Waals surface area contributed by atoms with Gasteiger partial charge in [0.05, 0.1) is 6.54 Å². The Balaban J connectivity index is 2.04. The third-order valence-corrected chi connectivity index (χ3v) is 3.69. The first-order valence-electron chi connectivity index (χ1n) is 7.88. The molecule has 1 aromatic rings. The zero-order valence-electron chi connectivity index (χ0n) is 13.2. The average molecular weight is 280 g/mol. The quantitative estimate of drug-likeness (QED) is 0.832. The standard InChI is InChI=1S/C15H28N4O/c1-11(2)10-19(13-7-5-6-8-13)15-18-17-14(20-15)9-16-12(3)4/h11-13,16H,5-10H2,1-4H3. The van der Waals surface area contributed by atoms with Crippen LogP contribution in [0.3, 0.4) is 0 Å². The Morgan fingerprint density at radius 2 is 1.90 bits per heavy atom. The van der Waals surface area contributed by atoms with Crippen LogP contribution in [0.25, 0.3) is 0 Å². The van der Waals surface area contributed by atoms with Crippen molar-refractivity contribution in [1.82, 2.24) is 15.5 Å². The fourth-order valence-corrected chi connectivity index (χ4v) is 2.72. The van der Waals surface area contributed by atoms with Gasteiger partial charge >= 0.3 is 6.01 Å². The van der Waals surface area contributed by atoms with Crippen LogP contribution in [0.2, 0.25) is 0 Å². The largest absolute Gasteiger partial charge is 0.407 e. The summed E-state index contributed by atoms with van der Waals surface area (Å²) in [5.74, 6) is 1.28. The molecule has 1 aromatic heterocycles. The summed E-state index contributed by atoms with van der Waals surface area (Å²) in [5.41, 5.74) is 0. The maximum Gasteiger partial charge on any atom is 0.318 e. The number of nitrogens with zero attached hydrogens (tertiary/aromatic N) is 3. The summed E-state index contributed by atoms with van der Waals surface area (Å²) in [4.78, 5) is 2.32. The Bertz CT molecular complexity index is 396. The molecule has 0 radical (unpaired) electrons. The molecule has 1 fully saturated rings. The lowest BCUT2D eigenvalue weighted by molar-refractivity contribution is 0.422. The Labute approximate surface area is 122 Å². The van der Waals surface area contributed by atoms with Crippen molar-refractivity contribution in [3.8, 4) is 0 Å². The predicted octanol–water partition coefficient (Wildman–Crippen LogP) is 2.97. The molecular weight excluding hydrogens is 252 g/mol. The van der Waals surface area contributed by atoms with E-state index in [0.29, 0.717) is 36.5 Å². The molecule has 1 saturated carbocycles. The van der Waals surface area contributed by atoms with Crippen LogP contribution in [-0.2, 0) is 6.54 Å². The molecule has 1 heterocycles. The summed E-state index contributed by atoms with van der Waals surface area (Å²) in [7, 11) is 0. The van der Waals surface area contributed by atoms with Crippen LogP contribution < -0.4 is 10.2 Å². The molecule has 2 rings (SSSR count). The zero-order valence-corrected chi connectivity index (χ0v) is 13.2. The minimum Gasteiger partial charge on any atom is -0.407 e. The molecule has 0 bridgehead atoms. The molecule has 5 nitrogen and oxygen atoms in total. The second kappa shape index (κ2) is 7.07. The van der Waals surface area contributed by atoms with E-state index in [0.717, 1.165) is 6.54 Å². The van der Waals surface area contributed by atoms with E-state index < -0.39 is 0 Å². The molecule has 114 valence electrons. The number of hydrogen-bond donors (Lipinski definition) is 1. The summed E-state index contributed by atoms with van der Waals surface area (Å²) in [6.45, 7) is 10.3. The average Bonchev–Trinajstić information content (AvgIpc) is 3.05. The first-order chi connectivity index (χ1) is 9.56. The van der Waals surface area contributed by atoms with Crippen LogP contribution >= 0.6 is 0 Å². The van der Waals surface area contributed by atoms with Gasteiger partial charge in [-0.1, -0.05) is 45.6 Å². The molecule has 0 amide bonds. The first-order valence-corrected chi connectivity index (χ1v) is 7.88. The second-order valence-electron chi connectivity index (χ2n) is 6.50.